The first kappa shape index (κ1) is 14.1. The number of nitrogens with one attached hydrogen (secondary N) is 1. The standard InChI is InChI=1S/C17H23N3O/c1-3-18-13(2)14-8-9-19-17(11-14)20(15-6-7-15)12-16-5-4-10-21-16/h4-5,8-11,13,15,18H,3,6-7,12H2,1-2H3. The predicted molar refractivity (Wildman–Crippen MR) is 84.2 cm³/mol. The summed E-state index contributed by atoms with van der Waals surface area (Å²) in [5.74, 6) is 2.05. The zero-order valence-corrected chi connectivity index (χ0v) is 12.7. The van der Waals surface area contributed by atoms with Gasteiger partial charge in [0.05, 0.1) is 12.8 Å². The summed E-state index contributed by atoms with van der Waals surface area (Å²) in [6.07, 6.45) is 6.14. The first-order valence-corrected chi connectivity index (χ1v) is 7.76. The number of nitrogens with zero attached hydrogens (tertiary/aromatic N) is 2. The number of rotatable bonds is 7. The minimum atomic E-state index is 0.349. The van der Waals surface area contributed by atoms with E-state index in [1.807, 2.05) is 18.3 Å². The Morgan fingerprint density at radius 1 is 1.43 bits per heavy atom. The van der Waals surface area contributed by atoms with Crippen LogP contribution in [0.4, 0.5) is 5.82 Å². The number of pyridine rings is 1. The van der Waals surface area contributed by atoms with Crippen LogP contribution in [0.2, 0.25) is 0 Å². The molecule has 0 saturated heterocycles. The molecule has 21 heavy (non-hydrogen) atoms. The molecule has 1 fully saturated rings. The van der Waals surface area contributed by atoms with E-state index in [9.17, 15) is 0 Å². The highest BCUT2D eigenvalue weighted by atomic mass is 16.3. The number of hydrogen-bond donors (Lipinski definition) is 1. The van der Waals surface area contributed by atoms with Gasteiger partial charge in [0.2, 0.25) is 0 Å². The highest BCUT2D eigenvalue weighted by Gasteiger charge is 2.30. The van der Waals surface area contributed by atoms with Crippen LogP contribution in [0.15, 0.2) is 41.1 Å². The van der Waals surface area contributed by atoms with Gasteiger partial charge >= 0.3 is 0 Å². The lowest BCUT2D eigenvalue weighted by Crippen LogP contribution is -2.26. The van der Waals surface area contributed by atoms with Gasteiger partial charge in [0, 0.05) is 18.3 Å². The average molecular weight is 285 g/mol. The second kappa shape index (κ2) is 6.31. The Labute approximate surface area is 126 Å². The van der Waals surface area contributed by atoms with E-state index in [0.717, 1.165) is 24.7 Å². The summed E-state index contributed by atoms with van der Waals surface area (Å²) < 4.78 is 5.50. The van der Waals surface area contributed by atoms with Crippen molar-refractivity contribution in [2.75, 3.05) is 11.4 Å². The predicted octanol–water partition coefficient (Wildman–Crippen LogP) is 3.51. The van der Waals surface area contributed by atoms with E-state index in [0.29, 0.717) is 12.1 Å². The Morgan fingerprint density at radius 3 is 2.95 bits per heavy atom. The number of hydrogen-bond acceptors (Lipinski definition) is 4. The summed E-state index contributed by atoms with van der Waals surface area (Å²) in [5.41, 5.74) is 1.28. The maximum absolute atomic E-state index is 5.50. The van der Waals surface area contributed by atoms with Crippen LogP contribution in [-0.2, 0) is 6.54 Å². The third-order valence-corrected chi connectivity index (χ3v) is 3.97. The molecule has 0 bridgehead atoms. The van der Waals surface area contributed by atoms with Gasteiger partial charge in [0.25, 0.3) is 0 Å². The molecular weight excluding hydrogens is 262 g/mol. The van der Waals surface area contributed by atoms with Gasteiger partial charge in [0.15, 0.2) is 0 Å². The fourth-order valence-corrected chi connectivity index (χ4v) is 2.64. The first-order valence-electron chi connectivity index (χ1n) is 7.76. The molecule has 2 aromatic heterocycles. The molecule has 0 aliphatic heterocycles. The monoisotopic (exact) mass is 285 g/mol. The number of aromatic nitrogens is 1. The van der Waals surface area contributed by atoms with Crippen molar-refractivity contribution < 1.29 is 4.42 Å². The quantitative estimate of drug-likeness (QED) is 0.845. The molecule has 1 saturated carbocycles. The molecule has 112 valence electrons. The van der Waals surface area contributed by atoms with Crippen LogP contribution in [0.1, 0.15) is 44.1 Å². The van der Waals surface area contributed by atoms with Crippen LogP contribution < -0.4 is 10.2 Å². The molecule has 1 unspecified atom stereocenters. The highest BCUT2D eigenvalue weighted by Crippen LogP contribution is 2.33. The summed E-state index contributed by atoms with van der Waals surface area (Å²) in [6, 6.07) is 9.22. The van der Waals surface area contributed by atoms with Crippen LogP contribution >= 0.6 is 0 Å². The van der Waals surface area contributed by atoms with Crippen molar-refractivity contribution in [1.82, 2.24) is 10.3 Å². The molecular formula is C17H23N3O. The topological polar surface area (TPSA) is 41.3 Å². The molecule has 4 nitrogen and oxygen atoms in total. The summed E-state index contributed by atoms with van der Waals surface area (Å²) >= 11 is 0. The molecule has 0 aromatic carbocycles. The van der Waals surface area contributed by atoms with Gasteiger partial charge < -0.3 is 14.6 Å². The molecule has 2 heterocycles. The van der Waals surface area contributed by atoms with Crippen LogP contribution in [0.5, 0.6) is 0 Å². The second-order valence-corrected chi connectivity index (χ2v) is 5.67. The van der Waals surface area contributed by atoms with Crippen molar-refractivity contribution in [3.8, 4) is 0 Å². The van der Waals surface area contributed by atoms with E-state index in [-0.39, 0.29) is 0 Å². The molecule has 1 aliphatic rings. The maximum atomic E-state index is 5.50. The van der Waals surface area contributed by atoms with Crippen molar-refractivity contribution in [3.63, 3.8) is 0 Å². The van der Waals surface area contributed by atoms with E-state index in [4.69, 9.17) is 4.42 Å². The van der Waals surface area contributed by atoms with Gasteiger partial charge in [-0.15, -0.1) is 0 Å². The van der Waals surface area contributed by atoms with Crippen LogP contribution in [0.25, 0.3) is 0 Å². The van der Waals surface area contributed by atoms with E-state index in [1.165, 1.54) is 18.4 Å². The normalized spacial score (nSPS) is 15.9. The largest absolute Gasteiger partial charge is 0.467 e. The van der Waals surface area contributed by atoms with E-state index in [2.05, 4.69) is 41.2 Å². The molecule has 1 N–H and O–H groups in total. The van der Waals surface area contributed by atoms with Gasteiger partial charge in [0.1, 0.15) is 11.6 Å². The summed E-state index contributed by atoms with van der Waals surface area (Å²) in [7, 11) is 0. The Morgan fingerprint density at radius 2 is 2.29 bits per heavy atom. The molecule has 1 aliphatic carbocycles. The Hall–Kier alpha value is -1.81. The fraction of sp³-hybridized carbons (Fsp3) is 0.471. The van der Waals surface area contributed by atoms with Crippen LogP contribution in [0.3, 0.4) is 0 Å². The lowest BCUT2D eigenvalue weighted by atomic mass is 10.1. The first-order chi connectivity index (χ1) is 10.3. The highest BCUT2D eigenvalue weighted by molar-refractivity contribution is 5.44. The minimum Gasteiger partial charge on any atom is -0.467 e. The summed E-state index contributed by atoms with van der Waals surface area (Å²) in [5, 5.41) is 3.45. The van der Waals surface area contributed by atoms with Crippen molar-refractivity contribution in [3.05, 3.63) is 48.0 Å². The molecule has 0 amide bonds. The lowest BCUT2D eigenvalue weighted by molar-refractivity contribution is 0.500. The van der Waals surface area contributed by atoms with Gasteiger partial charge in [-0.2, -0.15) is 0 Å². The van der Waals surface area contributed by atoms with Crippen LogP contribution in [0, 0.1) is 0 Å². The van der Waals surface area contributed by atoms with Crippen LogP contribution in [-0.4, -0.2) is 17.6 Å². The third-order valence-electron chi connectivity index (χ3n) is 3.97. The van der Waals surface area contributed by atoms with E-state index in [1.54, 1.807) is 6.26 Å². The summed E-state index contributed by atoms with van der Waals surface area (Å²) in [6.45, 7) is 6.09. The molecule has 4 heteroatoms. The Kier molecular flexibility index (Phi) is 4.25. The van der Waals surface area contributed by atoms with Gasteiger partial charge in [-0.05, 0) is 56.1 Å². The fourth-order valence-electron chi connectivity index (χ4n) is 2.64. The smallest absolute Gasteiger partial charge is 0.129 e. The zero-order valence-electron chi connectivity index (χ0n) is 12.7. The van der Waals surface area contributed by atoms with Crippen molar-refractivity contribution in [2.24, 2.45) is 0 Å². The van der Waals surface area contributed by atoms with E-state index >= 15 is 0 Å². The summed E-state index contributed by atoms with van der Waals surface area (Å²) in [4.78, 5) is 6.94. The van der Waals surface area contributed by atoms with Gasteiger partial charge in [-0.3, -0.25) is 0 Å². The molecule has 0 radical (unpaired) electrons. The molecule has 1 atom stereocenters. The zero-order chi connectivity index (χ0) is 14.7. The van der Waals surface area contributed by atoms with Gasteiger partial charge in [-0.1, -0.05) is 6.92 Å². The van der Waals surface area contributed by atoms with E-state index < -0.39 is 0 Å². The lowest BCUT2D eigenvalue weighted by Gasteiger charge is -2.24. The Bertz CT molecular complexity index is 563. The van der Waals surface area contributed by atoms with Crippen molar-refractivity contribution in [1.29, 1.82) is 0 Å². The Balaban J connectivity index is 1.80. The minimum absolute atomic E-state index is 0.349. The SMILES string of the molecule is CCNC(C)c1ccnc(N(Cc2ccco2)C2CC2)c1. The van der Waals surface area contributed by atoms with Gasteiger partial charge in [-0.25, -0.2) is 4.98 Å². The van der Waals surface area contributed by atoms with Crippen molar-refractivity contribution in [2.45, 2.75) is 45.3 Å². The number of furan rings is 1. The third kappa shape index (κ3) is 3.45. The molecule has 2 aromatic rings. The maximum Gasteiger partial charge on any atom is 0.129 e. The second-order valence-electron chi connectivity index (χ2n) is 5.67. The number of anilines is 1. The molecule has 3 rings (SSSR count). The van der Waals surface area contributed by atoms with Crippen molar-refractivity contribution >= 4 is 5.82 Å². The molecule has 0 spiro atoms. The average Bonchev–Trinajstić information content (AvgIpc) is 3.21.